The highest BCUT2D eigenvalue weighted by molar-refractivity contribution is 7.11. The number of aryl methyl sites for hydroxylation is 3. The maximum atomic E-state index is 4.47. The summed E-state index contributed by atoms with van der Waals surface area (Å²) in [6.07, 6.45) is 1.05. The second kappa shape index (κ2) is 5.91. The average molecular weight is 281 g/mol. The SMILES string of the molecule is Cc1nc(C)c(C(C)NCCc2scnc2C)s1. The first-order valence-corrected chi connectivity index (χ1v) is 7.84. The van der Waals surface area contributed by atoms with Gasteiger partial charge >= 0.3 is 0 Å². The van der Waals surface area contributed by atoms with Crippen molar-refractivity contribution in [2.24, 2.45) is 0 Å². The van der Waals surface area contributed by atoms with Crippen molar-refractivity contribution in [2.75, 3.05) is 6.54 Å². The zero-order valence-electron chi connectivity index (χ0n) is 11.3. The monoisotopic (exact) mass is 281 g/mol. The fraction of sp³-hybridized carbons (Fsp3) is 0.538. The molecule has 0 radical (unpaired) electrons. The molecular weight excluding hydrogens is 262 g/mol. The number of nitrogens with zero attached hydrogens (tertiary/aromatic N) is 2. The van der Waals surface area contributed by atoms with Crippen LogP contribution in [0.3, 0.4) is 0 Å². The van der Waals surface area contributed by atoms with E-state index in [9.17, 15) is 0 Å². The number of hydrogen-bond donors (Lipinski definition) is 1. The molecule has 0 aliphatic rings. The predicted molar refractivity (Wildman–Crippen MR) is 78.6 cm³/mol. The predicted octanol–water partition coefficient (Wildman–Crippen LogP) is 3.42. The van der Waals surface area contributed by atoms with Gasteiger partial charge in [0.2, 0.25) is 0 Å². The smallest absolute Gasteiger partial charge is 0.0900 e. The Hall–Kier alpha value is -0.780. The molecule has 2 rings (SSSR count). The zero-order valence-corrected chi connectivity index (χ0v) is 12.9. The standard InChI is InChI=1S/C13H19N3S2/c1-8-12(17-7-15-8)5-6-14-9(2)13-10(3)16-11(4)18-13/h7,9,14H,5-6H2,1-4H3. The minimum atomic E-state index is 0.379. The summed E-state index contributed by atoms with van der Waals surface area (Å²) in [4.78, 5) is 11.5. The fourth-order valence-corrected chi connectivity index (χ4v) is 3.75. The largest absolute Gasteiger partial charge is 0.309 e. The van der Waals surface area contributed by atoms with Gasteiger partial charge in [-0.15, -0.1) is 22.7 Å². The molecule has 2 aromatic rings. The number of rotatable bonds is 5. The van der Waals surface area contributed by atoms with E-state index < -0.39 is 0 Å². The minimum absolute atomic E-state index is 0.379. The van der Waals surface area contributed by atoms with Crippen LogP contribution in [0.2, 0.25) is 0 Å². The van der Waals surface area contributed by atoms with Crippen LogP contribution in [0.5, 0.6) is 0 Å². The summed E-state index contributed by atoms with van der Waals surface area (Å²) in [5.41, 5.74) is 4.25. The lowest BCUT2D eigenvalue weighted by Gasteiger charge is -2.12. The molecule has 0 aliphatic carbocycles. The van der Waals surface area contributed by atoms with Crippen molar-refractivity contribution in [3.05, 3.63) is 31.7 Å². The molecule has 1 atom stereocenters. The van der Waals surface area contributed by atoms with Gasteiger partial charge in [0, 0.05) is 22.3 Å². The average Bonchev–Trinajstić information content (AvgIpc) is 2.85. The molecule has 98 valence electrons. The van der Waals surface area contributed by atoms with Crippen molar-refractivity contribution in [1.82, 2.24) is 15.3 Å². The fourth-order valence-electron chi connectivity index (χ4n) is 2.01. The van der Waals surface area contributed by atoms with Crippen LogP contribution in [0, 0.1) is 20.8 Å². The van der Waals surface area contributed by atoms with E-state index >= 15 is 0 Å². The third kappa shape index (κ3) is 3.16. The molecule has 0 bridgehead atoms. The number of hydrogen-bond acceptors (Lipinski definition) is 5. The molecule has 1 N–H and O–H groups in total. The first-order valence-electron chi connectivity index (χ1n) is 6.14. The Morgan fingerprint density at radius 2 is 2.06 bits per heavy atom. The van der Waals surface area contributed by atoms with E-state index in [2.05, 4.69) is 43.0 Å². The van der Waals surface area contributed by atoms with Gasteiger partial charge < -0.3 is 5.32 Å². The molecule has 0 saturated carbocycles. The Morgan fingerprint density at radius 1 is 1.28 bits per heavy atom. The molecule has 0 spiro atoms. The lowest BCUT2D eigenvalue weighted by molar-refractivity contribution is 0.582. The second-order valence-corrected chi connectivity index (χ2v) is 6.64. The summed E-state index contributed by atoms with van der Waals surface area (Å²) in [5, 5.41) is 4.72. The van der Waals surface area contributed by atoms with Gasteiger partial charge in [0.25, 0.3) is 0 Å². The minimum Gasteiger partial charge on any atom is -0.309 e. The number of nitrogens with one attached hydrogen (secondary N) is 1. The Bertz CT molecular complexity index is 516. The Labute approximate surface area is 116 Å². The van der Waals surface area contributed by atoms with E-state index in [1.54, 1.807) is 22.7 Å². The normalized spacial score (nSPS) is 12.9. The van der Waals surface area contributed by atoms with Crippen LogP contribution >= 0.6 is 22.7 Å². The molecular formula is C13H19N3S2. The van der Waals surface area contributed by atoms with Gasteiger partial charge in [0.05, 0.1) is 21.9 Å². The van der Waals surface area contributed by atoms with Gasteiger partial charge in [-0.25, -0.2) is 9.97 Å². The highest BCUT2D eigenvalue weighted by Crippen LogP contribution is 2.24. The molecule has 2 aromatic heterocycles. The molecule has 0 aliphatic heterocycles. The van der Waals surface area contributed by atoms with Crippen molar-refractivity contribution < 1.29 is 0 Å². The summed E-state index contributed by atoms with van der Waals surface area (Å²) in [6, 6.07) is 0.379. The lowest BCUT2D eigenvalue weighted by atomic mass is 10.2. The van der Waals surface area contributed by atoms with Gasteiger partial charge in [0.1, 0.15) is 0 Å². The maximum absolute atomic E-state index is 4.47. The zero-order chi connectivity index (χ0) is 13.1. The van der Waals surface area contributed by atoms with E-state index in [1.807, 2.05) is 5.51 Å². The van der Waals surface area contributed by atoms with Crippen LogP contribution in [0.15, 0.2) is 5.51 Å². The van der Waals surface area contributed by atoms with E-state index in [0.717, 1.165) is 23.7 Å². The molecule has 18 heavy (non-hydrogen) atoms. The Balaban J connectivity index is 1.87. The summed E-state index contributed by atoms with van der Waals surface area (Å²) in [7, 11) is 0. The lowest BCUT2D eigenvalue weighted by Crippen LogP contribution is -2.21. The van der Waals surface area contributed by atoms with Crippen LogP contribution in [-0.2, 0) is 6.42 Å². The van der Waals surface area contributed by atoms with Crippen LogP contribution in [0.4, 0.5) is 0 Å². The van der Waals surface area contributed by atoms with E-state index in [0.29, 0.717) is 6.04 Å². The molecule has 2 heterocycles. The van der Waals surface area contributed by atoms with Crippen LogP contribution in [-0.4, -0.2) is 16.5 Å². The summed E-state index contributed by atoms with van der Waals surface area (Å²) in [5.74, 6) is 0. The van der Waals surface area contributed by atoms with Crippen molar-refractivity contribution in [1.29, 1.82) is 0 Å². The van der Waals surface area contributed by atoms with Crippen LogP contribution in [0.25, 0.3) is 0 Å². The van der Waals surface area contributed by atoms with Gasteiger partial charge in [-0.2, -0.15) is 0 Å². The first-order chi connectivity index (χ1) is 8.58. The van der Waals surface area contributed by atoms with Crippen molar-refractivity contribution in [3.8, 4) is 0 Å². The summed E-state index contributed by atoms with van der Waals surface area (Å²) >= 11 is 3.53. The van der Waals surface area contributed by atoms with Crippen molar-refractivity contribution in [3.63, 3.8) is 0 Å². The third-order valence-corrected chi connectivity index (χ3v) is 5.23. The van der Waals surface area contributed by atoms with Gasteiger partial charge in [-0.05, 0) is 34.1 Å². The maximum Gasteiger partial charge on any atom is 0.0900 e. The molecule has 5 heteroatoms. The molecule has 0 saturated heterocycles. The molecule has 1 unspecified atom stereocenters. The number of aromatic nitrogens is 2. The van der Waals surface area contributed by atoms with Gasteiger partial charge in [0.15, 0.2) is 0 Å². The first kappa shape index (κ1) is 13.6. The summed E-state index contributed by atoms with van der Waals surface area (Å²) in [6.45, 7) is 9.42. The number of thiazole rings is 2. The molecule has 0 fully saturated rings. The third-order valence-electron chi connectivity index (χ3n) is 2.98. The van der Waals surface area contributed by atoms with Crippen LogP contribution in [0.1, 0.15) is 39.1 Å². The molecule has 0 aromatic carbocycles. The highest BCUT2D eigenvalue weighted by Gasteiger charge is 2.12. The van der Waals surface area contributed by atoms with E-state index in [-0.39, 0.29) is 0 Å². The Kier molecular flexibility index (Phi) is 4.48. The van der Waals surface area contributed by atoms with E-state index in [4.69, 9.17) is 0 Å². The second-order valence-electron chi connectivity index (χ2n) is 4.47. The quantitative estimate of drug-likeness (QED) is 0.912. The van der Waals surface area contributed by atoms with Gasteiger partial charge in [-0.3, -0.25) is 0 Å². The van der Waals surface area contributed by atoms with Crippen molar-refractivity contribution >= 4 is 22.7 Å². The molecule has 0 amide bonds. The van der Waals surface area contributed by atoms with E-state index in [1.165, 1.54) is 15.4 Å². The summed E-state index contributed by atoms with van der Waals surface area (Å²) < 4.78 is 0. The van der Waals surface area contributed by atoms with Crippen molar-refractivity contribution in [2.45, 2.75) is 40.2 Å². The highest BCUT2D eigenvalue weighted by atomic mass is 32.1. The van der Waals surface area contributed by atoms with Gasteiger partial charge in [-0.1, -0.05) is 0 Å². The Morgan fingerprint density at radius 3 is 2.61 bits per heavy atom. The van der Waals surface area contributed by atoms with Crippen LogP contribution < -0.4 is 5.32 Å². The molecule has 3 nitrogen and oxygen atoms in total. The topological polar surface area (TPSA) is 37.8 Å².